The second-order valence-electron chi connectivity index (χ2n) is 6.60. The Balaban J connectivity index is 0.000000280. The van der Waals surface area contributed by atoms with E-state index in [1.165, 1.54) is 43.1 Å². The third kappa shape index (κ3) is 3.00. The molecule has 0 atom stereocenters. The molecule has 0 unspecified atom stereocenters. The molecule has 6 aromatic rings. The average molecular weight is 347 g/mol. The third-order valence-electron chi connectivity index (χ3n) is 4.86. The van der Waals surface area contributed by atoms with Gasteiger partial charge >= 0.3 is 0 Å². The quantitative estimate of drug-likeness (QED) is 0.337. The number of rotatable bonds is 0. The van der Waals surface area contributed by atoms with E-state index in [0.717, 1.165) is 0 Å². The van der Waals surface area contributed by atoms with Gasteiger partial charge in [-0.15, -0.1) is 0 Å². The van der Waals surface area contributed by atoms with Gasteiger partial charge in [-0.1, -0.05) is 48.5 Å². The first-order chi connectivity index (χ1) is 13.4. The van der Waals surface area contributed by atoms with Crippen LogP contribution in [0.5, 0.6) is 0 Å². The number of hydrogen-bond acceptors (Lipinski definition) is 2. The van der Waals surface area contributed by atoms with Gasteiger partial charge < -0.3 is 0 Å². The van der Waals surface area contributed by atoms with Crippen molar-refractivity contribution in [3.63, 3.8) is 0 Å². The van der Waals surface area contributed by atoms with Gasteiger partial charge in [-0.2, -0.15) is 15.4 Å². The highest BCUT2D eigenvalue weighted by Gasteiger charge is 2.02. The lowest BCUT2D eigenvalue weighted by Crippen LogP contribution is -1.80. The molecular weight excluding hydrogens is 330 g/mol. The maximum Gasteiger partial charge on any atom is 0.0690 e. The minimum absolute atomic E-state index is 1.30. The molecule has 1 N–H and O–H groups in total. The average Bonchev–Trinajstić information content (AvgIpc) is 3.29. The van der Waals surface area contributed by atoms with Gasteiger partial charge in [0, 0.05) is 0 Å². The van der Waals surface area contributed by atoms with Crippen molar-refractivity contribution in [3.05, 3.63) is 97.3 Å². The predicted octanol–water partition coefficient (Wildman–Crippen LogP) is 6.10. The van der Waals surface area contributed by atoms with Crippen molar-refractivity contribution in [1.82, 2.24) is 15.4 Å². The third-order valence-corrected chi connectivity index (χ3v) is 4.86. The van der Waals surface area contributed by atoms with Crippen molar-refractivity contribution in [1.29, 1.82) is 0 Å². The number of benzene rings is 5. The van der Waals surface area contributed by atoms with Crippen molar-refractivity contribution < 1.29 is 0 Å². The summed E-state index contributed by atoms with van der Waals surface area (Å²) in [6.45, 7) is 0. The van der Waals surface area contributed by atoms with E-state index in [1.54, 1.807) is 12.4 Å². The van der Waals surface area contributed by atoms with E-state index in [2.05, 4.69) is 100 Å². The van der Waals surface area contributed by atoms with Crippen LogP contribution < -0.4 is 0 Å². The van der Waals surface area contributed by atoms with Crippen LogP contribution in [0.25, 0.3) is 43.1 Å². The largest absolute Gasteiger partial charge is 0.198 e. The summed E-state index contributed by atoms with van der Waals surface area (Å²) < 4.78 is 0. The molecule has 3 heteroatoms. The summed E-state index contributed by atoms with van der Waals surface area (Å²) in [7, 11) is 0. The zero-order valence-electron chi connectivity index (χ0n) is 14.6. The number of aromatic nitrogens is 3. The van der Waals surface area contributed by atoms with E-state index >= 15 is 0 Å². The molecule has 0 saturated carbocycles. The van der Waals surface area contributed by atoms with E-state index in [1.807, 2.05) is 0 Å². The molecule has 3 nitrogen and oxygen atoms in total. The van der Waals surface area contributed by atoms with Gasteiger partial charge in [0.1, 0.15) is 0 Å². The number of nitrogens with one attached hydrogen (secondary N) is 1. The summed E-state index contributed by atoms with van der Waals surface area (Å²) in [4.78, 5) is 0. The van der Waals surface area contributed by atoms with Gasteiger partial charge in [-0.3, -0.25) is 0 Å². The number of aromatic amines is 1. The fourth-order valence-corrected chi connectivity index (χ4v) is 3.55. The van der Waals surface area contributed by atoms with E-state index < -0.39 is 0 Å². The number of hydrogen-bond donors (Lipinski definition) is 1. The van der Waals surface area contributed by atoms with Crippen LogP contribution in [0.1, 0.15) is 0 Å². The van der Waals surface area contributed by atoms with Gasteiger partial charge in [0.15, 0.2) is 0 Å². The minimum Gasteiger partial charge on any atom is -0.198 e. The second-order valence-corrected chi connectivity index (χ2v) is 6.60. The van der Waals surface area contributed by atoms with Gasteiger partial charge in [0.25, 0.3) is 0 Å². The Kier molecular flexibility index (Phi) is 3.76. The molecule has 6 rings (SSSR count). The van der Waals surface area contributed by atoms with Crippen LogP contribution in [0.4, 0.5) is 0 Å². The van der Waals surface area contributed by atoms with Crippen molar-refractivity contribution in [2.45, 2.75) is 0 Å². The zero-order chi connectivity index (χ0) is 18.1. The number of nitrogens with zero attached hydrogens (tertiary/aromatic N) is 2. The van der Waals surface area contributed by atoms with Crippen LogP contribution >= 0.6 is 0 Å². The Morgan fingerprint density at radius 3 is 0.963 bits per heavy atom. The Morgan fingerprint density at radius 2 is 0.704 bits per heavy atom. The molecule has 0 saturated heterocycles. The molecule has 5 aromatic carbocycles. The Labute approximate surface area is 156 Å². The summed E-state index contributed by atoms with van der Waals surface area (Å²) in [6, 6.07) is 30.9. The Bertz CT molecular complexity index is 1170. The molecule has 1 heterocycles. The smallest absolute Gasteiger partial charge is 0.0690 e. The van der Waals surface area contributed by atoms with Crippen LogP contribution in [0.2, 0.25) is 0 Å². The van der Waals surface area contributed by atoms with E-state index in [0.29, 0.717) is 0 Å². The molecule has 0 radical (unpaired) electrons. The van der Waals surface area contributed by atoms with Crippen LogP contribution in [0, 0.1) is 0 Å². The summed E-state index contributed by atoms with van der Waals surface area (Å²) >= 11 is 0. The lowest BCUT2D eigenvalue weighted by Gasteiger charge is -2.07. The lowest BCUT2D eigenvalue weighted by atomic mass is 9.97. The molecule has 1 aromatic heterocycles. The Morgan fingerprint density at radius 1 is 0.407 bits per heavy atom. The highest BCUT2D eigenvalue weighted by atomic mass is 15.3. The van der Waals surface area contributed by atoms with Crippen molar-refractivity contribution in [2.75, 3.05) is 0 Å². The fraction of sp³-hybridized carbons (Fsp3) is 0. The molecule has 0 aliphatic carbocycles. The van der Waals surface area contributed by atoms with Gasteiger partial charge in [-0.25, -0.2) is 0 Å². The van der Waals surface area contributed by atoms with Gasteiger partial charge in [0.2, 0.25) is 0 Å². The number of fused-ring (bicyclic) bond motifs is 4. The van der Waals surface area contributed by atoms with Gasteiger partial charge in [-0.05, 0) is 79.5 Å². The summed E-state index contributed by atoms with van der Waals surface area (Å²) in [5, 5.41) is 19.8. The van der Waals surface area contributed by atoms with Crippen molar-refractivity contribution in [2.24, 2.45) is 0 Å². The lowest BCUT2D eigenvalue weighted by molar-refractivity contribution is 0.940. The standard InChI is InChI=1S/C22H14.C2H3N3/c1-2-6-16-10-20-14-22-12-18-8-4-3-7-17(18)11-21(22)13-19(20)9-15(16)5-1;1-2-4-5-3-1/h1-14H;1-2H,(H,3,4,5). The zero-order valence-corrected chi connectivity index (χ0v) is 14.6. The number of H-pyrrole nitrogens is 1. The predicted molar refractivity (Wildman–Crippen MR) is 113 cm³/mol. The van der Waals surface area contributed by atoms with Gasteiger partial charge in [0.05, 0.1) is 12.4 Å². The fourth-order valence-electron chi connectivity index (χ4n) is 3.55. The molecule has 0 spiro atoms. The van der Waals surface area contributed by atoms with E-state index in [-0.39, 0.29) is 0 Å². The highest BCUT2D eigenvalue weighted by molar-refractivity contribution is 6.08. The van der Waals surface area contributed by atoms with E-state index in [9.17, 15) is 0 Å². The van der Waals surface area contributed by atoms with Crippen molar-refractivity contribution in [3.8, 4) is 0 Å². The first kappa shape index (κ1) is 15.5. The first-order valence-corrected chi connectivity index (χ1v) is 8.92. The second kappa shape index (κ2) is 6.54. The Hall–Kier alpha value is -3.72. The molecule has 0 aliphatic rings. The molecule has 27 heavy (non-hydrogen) atoms. The van der Waals surface area contributed by atoms with Crippen LogP contribution in [-0.2, 0) is 0 Å². The van der Waals surface area contributed by atoms with Crippen LogP contribution in [-0.4, -0.2) is 15.4 Å². The highest BCUT2D eigenvalue weighted by Crippen LogP contribution is 2.29. The molecule has 0 bridgehead atoms. The summed E-state index contributed by atoms with van der Waals surface area (Å²) in [5.41, 5.74) is 0. The van der Waals surface area contributed by atoms with Crippen LogP contribution in [0.3, 0.4) is 0 Å². The molecule has 0 aliphatic heterocycles. The monoisotopic (exact) mass is 347 g/mol. The van der Waals surface area contributed by atoms with Crippen molar-refractivity contribution >= 4 is 43.1 Å². The molecular formula is C24H17N3. The SMILES string of the molecule is c1ccc2cc3cc4cc5ccccc5cc4cc3cc2c1.c1cn[nH]n1. The molecule has 0 amide bonds. The molecule has 128 valence electrons. The maximum absolute atomic E-state index is 3.49. The summed E-state index contributed by atoms with van der Waals surface area (Å²) in [5.74, 6) is 0. The van der Waals surface area contributed by atoms with Crippen LogP contribution in [0.15, 0.2) is 97.3 Å². The maximum atomic E-state index is 3.49. The first-order valence-electron chi connectivity index (χ1n) is 8.92. The normalized spacial score (nSPS) is 11.0. The minimum atomic E-state index is 1.30. The molecule has 0 fully saturated rings. The van der Waals surface area contributed by atoms with E-state index in [4.69, 9.17) is 0 Å². The topological polar surface area (TPSA) is 41.6 Å². The summed E-state index contributed by atoms with van der Waals surface area (Å²) in [6.07, 6.45) is 3.17.